The molecule has 2 amide bonds. The number of aliphatic hydroxyl groups is 1. The van der Waals surface area contributed by atoms with Crippen molar-refractivity contribution >= 4 is 6.03 Å². The summed E-state index contributed by atoms with van der Waals surface area (Å²) in [6.45, 7) is 3.24. The Morgan fingerprint density at radius 3 is 3.14 bits per heavy atom. The predicted molar refractivity (Wildman–Crippen MR) is 78.9 cm³/mol. The van der Waals surface area contributed by atoms with Gasteiger partial charge < -0.3 is 19.7 Å². The standard InChI is InChI=1S/C16H24N2O3/c1-11(19)12-4-3-8-18(10-12)16(20)17-14-5-2-6-15-13(14)7-9-21-15/h7,9,11-12,14,19H,2-6,8,10H2,1H3,(H,17,20). The molecule has 0 aromatic carbocycles. The Hall–Kier alpha value is -1.49. The molecule has 3 rings (SSSR count). The quantitative estimate of drug-likeness (QED) is 0.880. The number of rotatable bonds is 2. The SMILES string of the molecule is CC(O)C1CCCN(C(=O)NC2CCCc3occc32)C1. The number of aliphatic hydroxyl groups excluding tert-OH is 1. The van der Waals surface area contributed by atoms with Crippen molar-refractivity contribution < 1.29 is 14.3 Å². The van der Waals surface area contributed by atoms with Crippen LogP contribution in [0.5, 0.6) is 0 Å². The van der Waals surface area contributed by atoms with Gasteiger partial charge in [-0.3, -0.25) is 0 Å². The molecule has 5 heteroatoms. The molecule has 1 aliphatic heterocycles. The third kappa shape index (κ3) is 3.07. The highest BCUT2D eigenvalue weighted by molar-refractivity contribution is 5.75. The summed E-state index contributed by atoms with van der Waals surface area (Å²) in [5.74, 6) is 1.20. The van der Waals surface area contributed by atoms with Crippen molar-refractivity contribution in [3.8, 4) is 0 Å². The van der Waals surface area contributed by atoms with E-state index < -0.39 is 0 Å². The van der Waals surface area contributed by atoms with E-state index in [0.29, 0.717) is 6.54 Å². The maximum absolute atomic E-state index is 12.5. The molecule has 5 nitrogen and oxygen atoms in total. The Morgan fingerprint density at radius 1 is 1.48 bits per heavy atom. The lowest BCUT2D eigenvalue weighted by atomic mass is 9.92. The van der Waals surface area contributed by atoms with Gasteiger partial charge in [-0.2, -0.15) is 0 Å². The number of likely N-dealkylation sites (tertiary alicyclic amines) is 1. The summed E-state index contributed by atoms with van der Waals surface area (Å²) < 4.78 is 5.46. The highest BCUT2D eigenvalue weighted by Gasteiger charge is 2.29. The molecule has 0 bridgehead atoms. The first-order chi connectivity index (χ1) is 10.1. The summed E-state index contributed by atoms with van der Waals surface area (Å²) >= 11 is 0. The first-order valence-electron chi connectivity index (χ1n) is 7.95. The van der Waals surface area contributed by atoms with E-state index in [1.165, 1.54) is 0 Å². The molecule has 1 aliphatic carbocycles. The number of urea groups is 1. The molecule has 2 aliphatic rings. The minimum absolute atomic E-state index is 0.0144. The fourth-order valence-electron chi connectivity index (χ4n) is 3.46. The highest BCUT2D eigenvalue weighted by Crippen LogP contribution is 2.30. The monoisotopic (exact) mass is 292 g/mol. The van der Waals surface area contributed by atoms with Gasteiger partial charge >= 0.3 is 6.03 Å². The Balaban J connectivity index is 1.62. The zero-order valence-corrected chi connectivity index (χ0v) is 12.5. The van der Waals surface area contributed by atoms with Gasteiger partial charge in [0.15, 0.2) is 0 Å². The molecule has 1 fully saturated rings. The van der Waals surface area contributed by atoms with Crippen LogP contribution in [0.2, 0.25) is 0 Å². The molecule has 116 valence electrons. The van der Waals surface area contributed by atoms with Gasteiger partial charge in [-0.05, 0) is 38.7 Å². The summed E-state index contributed by atoms with van der Waals surface area (Å²) in [6, 6.07) is 2.01. The highest BCUT2D eigenvalue weighted by atomic mass is 16.3. The second kappa shape index (κ2) is 6.10. The van der Waals surface area contributed by atoms with Crippen LogP contribution in [-0.4, -0.2) is 35.2 Å². The van der Waals surface area contributed by atoms with E-state index >= 15 is 0 Å². The lowest BCUT2D eigenvalue weighted by Gasteiger charge is -2.35. The molecule has 0 saturated carbocycles. The number of nitrogens with one attached hydrogen (secondary N) is 1. The Bertz CT molecular complexity index is 497. The second-order valence-electron chi connectivity index (χ2n) is 6.28. The summed E-state index contributed by atoms with van der Waals surface area (Å²) in [5, 5.41) is 12.9. The first-order valence-corrected chi connectivity index (χ1v) is 7.95. The Kier molecular flexibility index (Phi) is 4.19. The second-order valence-corrected chi connectivity index (χ2v) is 6.28. The molecule has 2 heterocycles. The van der Waals surface area contributed by atoms with Crippen molar-refractivity contribution in [1.82, 2.24) is 10.2 Å². The molecule has 3 atom stereocenters. The van der Waals surface area contributed by atoms with Crippen molar-refractivity contribution in [2.75, 3.05) is 13.1 Å². The zero-order valence-electron chi connectivity index (χ0n) is 12.5. The minimum Gasteiger partial charge on any atom is -0.469 e. The molecule has 1 saturated heterocycles. The van der Waals surface area contributed by atoms with Crippen LogP contribution >= 0.6 is 0 Å². The lowest BCUT2D eigenvalue weighted by molar-refractivity contribution is 0.0731. The van der Waals surface area contributed by atoms with E-state index in [2.05, 4.69) is 5.32 Å². The number of amides is 2. The van der Waals surface area contributed by atoms with Crippen LogP contribution in [-0.2, 0) is 6.42 Å². The molecule has 0 spiro atoms. The van der Waals surface area contributed by atoms with Gasteiger partial charge in [0.1, 0.15) is 5.76 Å². The van der Waals surface area contributed by atoms with Gasteiger partial charge in [0, 0.05) is 31.0 Å². The maximum Gasteiger partial charge on any atom is 0.317 e. The molecule has 3 unspecified atom stereocenters. The smallest absolute Gasteiger partial charge is 0.317 e. The Labute approximate surface area is 125 Å². The lowest BCUT2D eigenvalue weighted by Crippen LogP contribution is -2.48. The summed E-state index contributed by atoms with van der Waals surface area (Å²) in [7, 11) is 0. The molecule has 1 aromatic rings. The van der Waals surface area contributed by atoms with E-state index in [1.54, 1.807) is 6.26 Å². The van der Waals surface area contributed by atoms with E-state index in [9.17, 15) is 9.90 Å². The largest absolute Gasteiger partial charge is 0.469 e. The van der Waals surface area contributed by atoms with Crippen LogP contribution in [0.4, 0.5) is 4.79 Å². The van der Waals surface area contributed by atoms with Crippen molar-refractivity contribution in [1.29, 1.82) is 0 Å². The number of piperidine rings is 1. The molecule has 0 radical (unpaired) electrons. The summed E-state index contributed by atoms with van der Waals surface area (Å²) in [6.07, 6.45) is 6.28. The van der Waals surface area contributed by atoms with Gasteiger partial charge in [0.2, 0.25) is 0 Å². The fourth-order valence-corrected chi connectivity index (χ4v) is 3.46. The Morgan fingerprint density at radius 2 is 2.33 bits per heavy atom. The number of fused-ring (bicyclic) bond motifs is 1. The normalized spacial score (nSPS) is 27.0. The van der Waals surface area contributed by atoms with Gasteiger partial charge in [-0.15, -0.1) is 0 Å². The molecule has 21 heavy (non-hydrogen) atoms. The van der Waals surface area contributed by atoms with E-state index in [0.717, 1.165) is 50.0 Å². The topological polar surface area (TPSA) is 65.7 Å². The number of carbonyl (C=O) groups excluding carboxylic acids is 1. The fraction of sp³-hybridized carbons (Fsp3) is 0.688. The van der Waals surface area contributed by atoms with Gasteiger partial charge in [-0.1, -0.05) is 0 Å². The number of furan rings is 1. The van der Waals surface area contributed by atoms with Gasteiger partial charge in [-0.25, -0.2) is 4.79 Å². The van der Waals surface area contributed by atoms with Crippen LogP contribution < -0.4 is 5.32 Å². The van der Waals surface area contributed by atoms with Crippen molar-refractivity contribution in [2.24, 2.45) is 5.92 Å². The summed E-state index contributed by atoms with van der Waals surface area (Å²) in [5.41, 5.74) is 1.12. The maximum atomic E-state index is 12.5. The number of carbonyl (C=O) groups is 1. The van der Waals surface area contributed by atoms with E-state index in [4.69, 9.17) is 4.42 Å². The van der Waals surface area contributed by atoms with Crippen LogP contribution in [0.15, 0.2) is 16.7 Å². The van der Waals surface area contributed by atoms with Crippen LogP contribution in [0, 0.1) is 5.92 Å². The molecule has 2 N–H and O–H groups in total. The molecular weight excluding hydrogens is 268 g/mol. The van der Waals surface area contributed by atoms with Crippen LogP contribution in [0.1, 0.15) is 50.0 Å². The number of nitrogens with zero attached hydrogens (tertiary/aromatic N) is 1. The summed E-state index contributed by atoms with van der Waals surface area (Å²) in [4.78, 5) is 14.3. The number of hydrogen-bond donors (Lipinski definition) is 2. The van der Waals surface area contributed by atoms with Crippen LogP contribution in [0.3, 0.4) is 0 Å². The van der Waals surface area contributed by atoms with Gasteiger partial charge in [0.25, 0.3) is 0 Å². The average Bonchev–Trinajstić information content (AvgIpc) is 2.97. The predicted octanol–water partition coefficient (Wildman–Crippen LogP) is 2.46. The number of aryl methyl sites for hydroxylation is 1. The first kappa shape index (κ1) is 14.4. The van der Waals surface area contributed by atoms with Gasteiger partial charge in [0.05, 0.1) is 18.4 Å². The number of hydrogen-bond acceptors (Lipinski definition) is 3. The molecular formula is C16H24N2O3. The third-order valence-corrected chi connectivity index (χ3v) is 4.78. The van der Waals surface area contributed by atoms with E-state index in [1.807, 2.05) is 17.9 Å². The third-order valence-electron chi connectivity index (χ3n) is 4.78. The average molecular weight is 292 g/mol. The van der Waals surface area contributed by atoms with Crippen molar-refractivity contribution in [3.63, 3.8) is 0 Å². The minimum atomic E-state index is -0.351. The zero-order chi connectivity index (χ0) is 14.8. The van der Waals surface area contributed by atoms with E-state index in [-0.39, 0.29) is 24.1 Å². The molecule has 1 aromatic heterocycles. The van der Waals surface area contributed by atoms with Crippen molar-refractivity contribution in [2.45, 2.75) is 51.2 Å². The van der Waals surface area contributed by atoms with Crippen LogP contribution in [0.25, 0.3) is 0 Å². The van der Waals surface area contributed by atoms with Crippen molar-refractivity contribution in [3.05, 3.63) is 23.7 Å².